The fraction of sp³-hybridized carbons (Fsp3) is 0.269. The maximum absolute atomic E-state index is 13.8. The molecule has 6 nitrogen and oxygen atoms in total. The third-order valence-electron chi connectivity index (χ3n) is 6.28. The first-order valence-corrected chi connectivity index (χ1v) is 11.2. The second-order valence-corrected chi connectivity index (χ2v) is 8.50. The van der Waals surface area contributed by atoms with Crippen molar-refractivity contribution in [2.24, 2.45) is 0 Å². The zero-order chi connectivity index (χ0) is 22.9. The Hall–Kier alpha value is -3.74. The summed E-state index contributed by atoms with van der Waals surface area (Å²) in [5.74, 6) is 0.814. The topological polar surface area (TPSA) is 56.0 Å². The fourth-order valence-corrected chi connectivity index (χ4v) is 4.38. The van der Waals surface area contributed by atoms with E-state index in [1.165, 1.54) is 6.07 Å². The number of rotatable bonds is 4. The Morgan fingerprint density at radius 1 is 1.00 bits per heavy atom. The molecule has 0 spiro atoms. The van der Waals surface area contributed by atoms with Crippen LogP contribution in [0.2, 0.25) is 0 Å². The van der Waals surface area contributed by atoms with Gasteiger partial charge in [-0.05, 0) is 49.2 Å². The lowest BCUT2D eigenvalue weighted by Gasteiger charge is -2.20. The lowest BCUT2D eigenvalue weighted by molar-refractivity contribution is -0.132. The second-order valence-electron chi connectivity index (χ2n) is 8.50. The van der Waals surface area contributed by atoms with Gasteiger partial charge in [0.2, 0.25) is 5.91 Å². The smallest absolute Gasteiger partial charge is 0.244 e. The van der Waals surface area contributed by atoms with Crippen LogP contribution in [0.3, 0.4) is 0 Å². The predicted molar refractivity (Wildman–Crippen MR) is 125 cm³/mol. The molecule has 3 heterocycles. The van der Waals surface area contributed by atoms with Crippen molar-refractivity contribution in [2.75, 3.05) is 13.1 Å². The van der Waals surface area contributed by atoms with E-state index in [1.54, 1.807) is 23.7 Å². The molecule has 2 aromatic heterocycles. The molecular weight excluding hydrogens is 417 g/mol. The van der Waals surface area contributed by atoms with Crippen molar-refractivity contribution in [3.63, 3.8) is 0 Å². The van der Waals surface area contributed by atoms with Crippen LogP contribution in [0, 0.1) is 19.7 Å². The number of aryl methyl sites for hydroxylation is 2. The molecular formula is C26H26FN5O. The standard InChI is InChI=1S/C26H26FN5O/c1-18-14-21(8-9-22(18)27)23-15-24(20-6-4-3-5-7-20)32(29-23)17-26(33)30-11-10-25-28-16-19(2)31(25)13-12-30/h3-9,14-16H,10-13,17H2,1-2H3. The van der Waals surface area contributed by atoms with E-state index in [1.807, 2.05) is 54.4 Å². The highest BCUT2D eigenvalue weighted by Gasteiger charge is 2.22. The number of benzene rings is 2. The van der Waals surface area contributed by atoms with Gasteiger partial charge in [0.15, 0.2) is 0 Å². The van der Waals surface area contributed by atoms with Gasteiger partial charge in [-0.1, -0.05) is 30.3 Å². The van der Waals surface area contributed by atoms with Gasteiger partial charge in [0.1, 0.15) is 18.2 Å². The monoisotopic (exact) mass is 443 g/mol. The summed E-state index contributed by atoms with van der Waals surface area (Å²) in [7, 11) is 0. The first-order chi connectivity index (χ1) is 16.0. The summed E-state index contributed by atoms with van der Waals surface area (Å²) in [5, 5.41) is 4.76. The molecule has 7 heteroatoms. The molecule has 0 radical (unpaired) electrons. The van der Waals surface area contributed by atoms with Crippen LogP contribution in [0.5, 0.6) is 0 Å². The van der Waals surface area contributed by atoms with Crippen molar-refractivity contribution in [1.82, 2.24) is 24.2 Å². The number of halogens is 1. The molecule has 1 amide bonds. The molecule has 33 heavy (non-hydrogen) atoms. The molecule has 168 valence electrons. The molecule has 5 rings (SSSR count). The molecule has 0 N–H and O–H groups in total. The first-order valence-electron chi connectivity index (χ1n) is 11.2. The SMILES string of the molecule is Cc1cc(-c2cc(-c3ccccc3)n(CC(=O)N3CCc4ncc(C)n4CC3)n2)ccc1F. The van der Waals surface area contributed by atoms with Crippen LogP contribution < -0.4 is 0 Å². The van der Waals surface area contributed by atoms with E-state index in [4.69, 9.17) is 5.10 Å². The molecule has 0 unspecified atom stereocenters. The molecule has 1 aliphatic rings. The Bertz CT molecular complexity index is 1310. The minimum Gasteiger partial charge on any atom is -0.339 e. The van der Waals surface area contributed by atoms with E-state index < -0.39 is 0 Å². The second kappa shape index (κ2) is 8.65. The average molecular weight is 444 g/mol. The molecule has 4 aromatic rings. The number of carbonyl (C=O) groups is 1. The summed E-state index contributed by atoms with van der Waals surface area (Å²) in [6.07, 6.45) is 2.63. The van der Waals surface area contributed by atoms with Gasteiger partial charge >= 0.3 is 0 Å². The maximum atomic E-state index is 13.8. The quantitative estimate of drug-likeness (QED) is 0.474. The van der Waals surface area contributed by atoms with E-state index >= 15 is 0 Å². The largest absolute Gasteiger partial charge is 0.339 e. The van der Waals surface area contributed by atoms with E-state index in [9.17, 15) is 9.18 Å². The van der Waals surface area contributed by atoms with Crippen molar-refractivity contribution >= 4 is 5.91 Å². The highest BCUT2D eigenvalue weighted by molar-refractivity contribution is 5.78. The van der Waals surface area contributed by atoms with Gasteiger partial charge in [-0.25, -0.2) is 9.37 Å². The number of amides is 1. The van der Waals surface area contributed by atoms with E-state index in [-0.39, 0.29) is 18.3 Å². The third kappa shape index (κ3) is 4.18. The van der Waals surface area contributed by atoms with Gasteiger partial charge in [-0.3, -0.25) is 9.48 Å². The molecule has 1 aliphatic heterocycles. The van der Waals surface area contributed by atoms with Crippen LogP contribution in [0.1, 0.15) is 17.1 Å². The normalized spacial score (nSPS) is 13.6. The van der Waals surface area contributed by atoms with Gasteiger partial charge in [-0.15, -0.1) is 0 Å². The summed E-state index contributed by atoms with van der Waals surface area (Å²) in [6, 6.07) is 16.8. The lowest BCUT2D eigenvalue weighted by atomic mass is 10.1. The van der Waals surface area contributed by atoms with Crippen LogP contribution in [0.25, 0.3) is 22.5 Å². The summed E-state index contributed by atoms with van der Waals surface area (Å²) >= 11 is 0. The lowest BCUT2D eigenvalue weighted by Crippen LogP contribution is -2.36. The first kappa shape index (κ1) is 21.1. The number of aromatic nitrogens is 4. The minimum atomic E-state index is -0.243. The van der Waals surface area contributed by atoms with Crippen LogP contribution in [0.4, 0.5) is 4.39 Å². The summed E-state index contributed by atoms with van der Waals surface area (Å²) in [5.41, 5.74) is 5.08. The van der Waals surface area contributed by atoms with E-state index in [0.717, 1.165) is 47.0 Å². The van der Waals surface area contributed by atoms with Gasteiger partial charge in [0, 0.05) is 43.5 Å². The van der Waals surface area contributed by atoms with Crippen LogP contribution in [-0.4, -0.2) is 43.2 Å². The van der Waals surface area contributed by atoms with Crippen LogP contribution in [0.15, 0.2) is 60.8 Å². The van der Waals surface area contributed by atoms with Gasteiger partial charge in [0.05, 0.1) is 11.4 Å². The molecule has 0 saturated carbocycles. The number of hydrogen-bond donors (Lipinski definition) is 0. The average Bonchev–Trinajstić information content (AvgIpc) is 3.32. The van der Waals surface area contributed by atoms with Gasteiger partial charge in [-0.2, -0.15) is 5.10 Å². The number of fused-ring (bicyclic) bond motifs is 1. The Balaban J connectivity index is 1.43. The summed E-state index contributed by atoms with van der Waals surface area (Å²) < 4.78 is 17.7. The molecule has 0 bridgehead atoms. The van der Waals surface area contributed by atoms with E-state index in [2.05, 4.69) is 9.55 Å². The highest BCUT2D eigenvalue weighted by Crippen LogP contribution is 2.27. The number of nitrogens with zero attached hydrogens (tertiary/aromatic N) is 5. The van der Waals surface area contributed by atoms with E-state index in [0.29, 0.717) is 18.7 Å². The maximum Gasteiger partial charge on any atom is 0.244 e. The minimum absolute atomic E-state index is 0.0283. The molecule has 0 aliphatic carbocycles. The molecule has 0 fully saturated rings. The predicted octanol–water partition coefficient (Wildman–Crippen LogP) is 4.25. The number of carbonyl (C=O) groups excluding carboxylic acids is 1. The Kier molecular flexibility index (Phi) is 5.54. The van der Waals surface area contributed by atoms with Gasteiger partial charge < -0.3 is 9.47 Å². The fourth-order valence-electron chi connectivity index (χ4n) is 4.38. The van der Waals surface area contributed by atoms with Crippen LogP contribution >= 0.6 is 0 Å². The molecule has 2 aromatic carbocycles. The molecule has 0 saturated heterocycles. The van der Waals surface area contributed by atoms with Crippen molar-refractivity contribution < 1.29 is 9.18 Å². The Morgan fingerprint density at radius 3 is 2.61 bits per heavy atom. The number of imidazole rings is 1. The van der Waals surface area contributed by atoms with Crippen molar-refractivity contribution in [1.29, 1.82) is 0 Å². The van der Waals surface area contributed by atoms with Crippen molar-refractivity contribution in [2.45, 2.75) is 33.4 Å². The summed E-state index contributed by atoms with van der Waals surface area (Å²) in [4.78, 5) is 19.7. The van der Waals surface area contributed by atoms with Crippen molar-refractivity contribution in [3.05, 3.63) is 83.7 Å². The highest BCUT2D eigenvalue weighted by atomic mass is 19.1. The third-order valence-corrected chi connectivity index (χ3v) is 6.28. The zero-order valence-corrected chi connectivity index (χ0v) is 18.8. The van der Waals surface area contributed by atoms with Gasteiger partial charge in [0.25, 0.3) is 0 Å². The zero-order valence-electron chi connectivity index (χ0n) is 18.8. The Labute approximate surface area is 192 Å². The van der Waals surface area contributed by atoms with Crippen molar-refractivity contribution in [3.8, 4) is 22.5 Å². The van der Waals surface area contributed by atoms with Crippen LogP contribution in [-0.2, 0) is 24.3 Å². The molecule has 0 atom stereocenters. The summed E-state index contributed by atoms with van der Waals surface area (Å²) in [6.45, 7) is 5.96. The Morgan fingerprint density at radius 2 is 1.82 bits per heavy atom. The number of hydrogen-bond acceptors (Lipinski definition) is 3.